The summed E-state index contributed by atoms with van der Waals surface area (Å²) in [7, 11) is 0. The van der Waals surface area contributed by atoms with E-state index in [1.807, 2.05) is 0 Å². The molecule has 0 radical (unpaired) electrons. The molecule has 1 aliphatic heterocycles. The van der Waals surface area contributed by atoms with Gasteiger partial charge < -0.3 is 4.90 Å². The van der Waals surface area contributed by atoms with Crippen LogP contribution in [0.3, 0.4) is 0 Å². The summed E-state index contributed by atoms with van der Waals surface area (Å²) in [5.41, 5.74) is 9.03. The van der Waals surface area contributed by atoms with E-state index in [0.29, 0.717) is 5.92 Å². The SMILES string of the molecule is C1=CC2c3ccccc3N(c3cccc(-c4c5ccccc5c(-c5ccccc5)c5ccccc45)c3)C2C=C1. The van der Waals surface area contributed by atoms with Gasteiger partial charge >= 0.3 is 0 Å². The molecule has 2 unspecified atom stereocenters. The van der Waals surface area contributed by atoms with E-state index in [1.165, 1.54) is 60.7 Å². The number of anilines is 2. The molecule has 1 heteroatoms. The zero-order valence-corrected chi connectivity index (χ0v) is 21.5. The second-order valence-corrected chi connectivity index (χ2v) is 10.5. The smallest absolute Gasteiger partial charge is 0.0629 e. The summed E-state index contributed by atoms with van der Waals surface area (Å²) < 4.78 is 0. The van der Waals surface area contributed by atoms with Crippen molar-refractivity contribution in [1.82, 2.24) is 0 Å². The zero-order chi connectivity index (χ0) is 25.8. The Bertz CT molecular complexity index is 1870. The van der Waals surface area contributed by atoms with Crippen molar-refractivity contribution >= 4 is 32.9 Å². The third-order valence-electron chi connectivity index (χ3n) is 8.37. The summed E-state index contributed by atoms with van der Waals surface area (Å²) in [6.45, 7) is 0. The first-order valence-corrected chi connectivity index (χ1v) is 13.7. The monoisotopic (exact) mass is 497 g/mol. The van der Waals surface area contributed by atoms with Crippen LogP contribution in [0, 0.1) is 0 Å². The van der Waals surface area contributed by atoms with Gasteiger partial charge in [-0.2, -0.15) is 0 Å². The maximum absolute atomic E-state index is 2.52. The molecule has 2 atom stereocenters. The summed E-state index contributed by atoms with van der Waals surface area (Å²) in [6, 6.07) is 46.9. The van der Waals surface area contributed by atoms with Crippen LogP contribution in [0.15, 0.2) is 152 Å². The number of hydrogen-bond donors (Lipinski definition) is 0. The number of nitrogens with zero attached hydrogens (tertiary/aromatic N) is 1. The number of benzene rings is 6. The maximum atomic E-state index is 2.52. The molecule has 0 N–H and O–H groups in total. The Morgan fingerprint density at radius 3 is 1.74 bits per heavy atom. The average Bonchev–Trinajstić information content (AvgIpc) is 3.35. The van der Waals surface area contributed by atoms with Crippen molar-refractivity contribution in [2.45, 2.75) is 12.0 Å². The van der Waals surface area contributed by atoms with Crippen molar-refractivity contribution in [2.75, 3.05) is 4.90 Å². The molecular weight excluding hydrogens is 470 g/mol. The molecule has 0 bridgehead atoms. The standard InChI is InChI=1S/C38H27N/c1-2-13-26(14-3-1)37-31-19-4-6-21-33(31)38(34-22-7-5-20-32(34)37)27-15-12-16-28(25-27)39-35-23-10-8-17-29(35)30-18-9-11-24-36(30)39/h1-25,29,35H. The van der Waals surface area contributed by atoms with Gasteiger partial charge in [-0.1, -0.05) is 133 Å². The zero-order valence-electron chi connectivity index (χ0n) is 21.5. The Labute approximate surface area is 229 Å². The van der Waals surface area contributed by atoms with E-state index in [2.05, 4.69) is 157 Å². The maximum Gasteiger partial charge on any atom is 0.0629 e. The summed E-state index contributed by atoms with van der Waals surface area (Å²) in [4.78, 5) is 2.52. The Balaban J connectivity index is 1.38. The summed E-state index contributed by atoms with van der Waals surface area (Å²) in [5.74, 6) is 0.377. The van der Waals surface area contributed by atoms with E-state index in [0.717, 1.165) is 0 Å². The van der Waals surface area contributed by atoms with Crippen molar-refractivity contribution in [3.8, 4) is 22.3 Å². The summed E-state index contributed by atoms with van der Waals surface area (Å²) in [6.07, 6.45) is 9.06. The summed E-state index contributed by atoms with van der Waals surface area (Å²) >= 11 is 0. The quantitative estimate of drug-likeness (QED) is 0.220. The van der Waals surface area contributed by atoms with Crippen LogP contribution >= 0.6 is 0 Å². The lowest BCUT2D eigenvalue weighted by Crippen LogP contribution is -2.28. The van der Waals surface area contributed by atoms with Crippen LogP contribution in [0.25, 0.3) is 43.8 Å². The van der Waals surface area contributed by atoms with Crippen LogP contribution in [0.5, 0.6) is 0 Å². The largest absolute Gasteiger partial charge is 0.333 e. The number of rotatable bonds is 3. The molecule has 1 aliphatic carbocycles. The molecule has 1 heterocycles. The van der Waals surface area contributed by atoms with Gasteiger partial charge in [0.05, 0.1) is 6.04 Å². The number of fused-ring (bicyclic) bond motifs is 5. The lowest BCUT2D eigenvalue weighted by atomic mass is 9.86. The topological polar surface area (TPSA) is 3.24 Å². The normalized spacial score (nSPS) is 17.5. The third kappa shape index (κ3) is 3.40. The minimum atomic E-state index is 0.289. The van der Waals surface area contributed by atoms with Crippen molar-refractivity contribution in [2.24, 2.45) is 0 Å². The van der Waals surface area contributed by atoms with Crippen LogP contribution in [0.2, 0.25) is 0 Å². The highest BCUT2D eigenvalue weighted by Gasteiger charge is 2.37. The van der Waals surface area contributed by atoms with Crippen LogP contribution in [-0.4, -0.2) is 6.04 Å². The van der Waals surface area contributed by atoms with Crippen LogP contribution in [0.1, 0.15) is 11.5 Å². The van der Waals surface area contributed by atoms with Gasteiger partial charge in [-0.25, -0.2) is 0 Å². The molecule has 6 aromatic rings. The van der Waals surface area contributed by atoms with Crippen molar-refractivity contribution in [3.05, 3.63) is 157 Å². The van der Waals surface area contributed by atoms with Crippen molar-refractivity contribution in [1.29, 1.82) is 0 Å². The minimum Gasteiger partial charge on any atom is -0.333 e. The van der Waals surface area contributed by atoms with Crippen molar-refractivity contribution < 1.29 is 0 Å². The van der Waals surface area contributed by atoms with Gasteiger partial charge in [0.25, 0.3) is 0 Å². The Hall–Kier alpha value is -4.88. The first-order valence-electron chi connectivity index (χ1n) is 13.7. The number of allylic oxidation sites excluding steroid dienone is 2. The van der Waals surface area contributed by atoms with E-state index in [1.54, 1.807) is 0 Å². The Morgan fingerprint density at radius 2 is 1.03 bits per heavy atom. The van der Waals surface area contributed by atoms with E-state index in [4.69, 9.17) is 0 Å². The fourth-order valence-electron chi connectivity index (χ4n) is 6.76. The molecule has 0 amide bonds. The first-order chi connectivity index (χ1) is 19.4. The number of para-hydroxylation sites is 1. The predicted molar refractivity (Wildman–Crippen MR) is 166 cm³/mol. The van der Waals surface area contributed by atoms with Gasteiger partial charge in [0.15, 0.2) is 0 Å². The van der Waals surface area contributed by atoms with E-state index in [9.17, 15) is 0 Å². The molecule has 0 spiro atoms. The fourth-order valence-corrected chi connectivity index (χ4v) is 6.76. The molecule has 0 saturated carbocycles. The van der Waals surface area contributed by atoms with E-state index >= 15 is 0 Å². The predicted octanol–water partition coefficient (Wildman–Crippen LogP) is 10.1. The van der Waals surface area contributed by atoms with Crippen molar-refractivity contribution in [3.63, 3.8) is 0 Å². The second kappa shape index (κ2) is 8.85. The highest BCUT2D eigenvalue weighted by atomic mass is 15.2. The van der Waals surface area contributed by atoms with Crippen LogP contribution < -0.4 is 4.90 Å². The highest BCUT2D eigenvalue weighted by Crippen LogP contribution is 2.49. The average molecular weight is 498 g/mol. The lowest BCUT2D eigenvalue weighted by molar-refractivity contribution is 0.745. The van der Waals surface area contributed by atoms with Gasteiger partial charge in [0.1, 0.15) is 0 Å². The molecular formula is C38H27N. The number of hydrogen-bond acceptors (Lipinski definition) is 1. The molecule has 0 fully saturated rings. The first kappa shape index (κ1) is 22.1. The van der Waals surface area contributed by atoms with Gasteiger partial charge in [-0.15, -0.1) is 0 Å². The Morgan fingerprint density at radius 1 is 0.462 bits per heavy atom. The molecule has 8 rings (SSSR count). The fraction of sp³-hybridized carbons (Fsp3) is 0.0526. The van der Waals surface area contributed by atoms with Gasteiger partial charge in [0.2, 0.25) is 0 Å². The van der Waals surface area contributed by atoms with Crippen LogP contribution in [-0.2, 0) is 0 Å². The lowest BCUT2D eigenvalue weighted by Gasteiger charge is -2.29. The molecule has 0 aromatic heterocycles. The molecule has 1 nitrogen and oxygen atoms in total. The molecule has 184 valence electrons. The van der Waals surface area contributed by atoms with E-state index < -0.39 is 0 Å². The molecule has 0 saturated heterocycles. The third-order valence-corrected chi connectivity index (χ3v) is 8.37. The molecule has 39 heavy (non-hydrogen) atoms. The minimum absolute atomic E-state index is 0.289. The van der Waals surface area contributed by atoms with E-state index in [-0.39, 0.29) is 6.04 Å². The molecule has 2 aliphatic rings. The van der Waals surface area contributed by atoms with Gasteiger partial charge in [0, 0.05) is 17.3 Å². The summed E-state index contributed by atoms with van der Waals surface area (Å²) in [5, 5.41) is 5.14. The molecule has 6 aromatic carbocycles. The van der Waals surface area contributed by atoms with Gasteiger partial charge in [-0.05, 0) is 67.6 Å². The van der Waals surface area contributed by atoms with Gasteiger partial charge in [-0.3, -0.25) is 0 Å². The highest BCUT2D eigenvalue weighted by molar-refractivity contribution is 6.21. The second-order valence-electron chi connectivity index (χ2n) is 10.5. The Kier molecular flexibility index (Phi) is 5.03. The van der Waals surface area contributed by atoms with Crippen LogP contribution in [0.4, 0.5) is 11.4 Å².